The molecule has 3 amide bonds. The lowest BCUT2D eigenvalue weighted by Crippen LogP contribution is -2.69. The first-order valence-electron chi connectivity index (χ1n) is 10.2. The fourth-order valence-corrected chi connectivity index (χ4v) is 4.50. The van der Waals surface area contributed by atoms with Crippen LogP contribution in [0.25, 0.3) is 0 Å². The predicted molar refractivity (Wildman–Crippen MR) is 114 cm³/mol. The summed E-state index contributed by atoms with van der Waals surface area (Å²) in [7, 11) is 0. The van der Waals surface area contributed by atoms with Gasteiger partial charge in [-0.1, -0.05) is 30.3 Å². The van der Waals surface area contributed by atoms with Crippen LogP contribution in [0.4, 0.5) is 11.4 Å². The summed E-state index contributed by atoms with van der Waals surface area (Å²) in [6.07, 6.45) is 1.89. The van der Waals surface area contributed by atoms with Crippen molar-refractivity contribution in [3.63, 3.8) is 0 Å². The molecule has 3 heterocycles. The molecule has 2 aliphatic rings. The Morgan fingerprint density at radius 3 is 2.61 bits per heavy atom. The lowest BCUT2D eigenvalue weighted by atomic mass is 9.95. The average molecular weight is 415 g/mol. The molecule has 1 aromatic heterocycles. The second-order valence-corrected chi connectivity index (χ2v) is 7.80. The van der Waals surface area contributed by atoms with E-state index in [0.717, 1.165) is 5.56 Å². The van der Waals surface area contributed by atoms with Gasteiger partial charge >= 0.3 is 0 Å². The number of para-hydroxylation sites is 2. The van der Waals surface area contributed by atoms with E-state index < -0.39 is 11.6 Å². The second-order valence-electron chi connectivity index (χ2n) is 7.80. The van der Waals surface area contributed by atoms with Crippen molar-refractivity contribution in [2.75, 3.05) is 10.2 Å². The third-order valence-electron chi connectivity index (χ3n) is 6.02. The molecule has 7 nitrogen and oxygen atoms in total. The van der Waals surface area contributed by atoms with E-state index in [-0.39, 0.29) is 31.2 Å². The fraction of sp³-hybridized carbons (Fsp3) is 0.208. The van der Waals surface area contributed by atoms with E-state index in [9.17, 15) is 14.4 Å². The van der Waals surface area contributed by atoms with Crippen LogP contribution >= 0.6 is 0 Å². The number of amides is 3. The normalized spacial score (nSPS) is 19.9. The van der Waals surface area contributed by atoms with E-state index in [1.165, 1.54) is 16.1 Å². The Labute approximate surface area is 179 Å². The summed E-state index contributed by atoms with van der Waals surface area (Å²) in [4.78, 5) is 43.4. The standard InChI is InChI=1S/C24H21N3O4/c1-16-7-2-4-10-19(16)25-23(30)24-13-12-21(28)27(24)20-11-5-3-9-18(20)22(29)26(24)15-17-8-6-14-31-17/h2-11,14H,12-13,15H2,1H3,(H,25,30)/t24-/m0/s1. The molecule has 7 heteroatoms. The van der Waals surface area contributed by atoms with Gasteiger partial charge in [-0.2, -0.15) is 0 Å². The van der Waals surface area contributed by atoms with Crippen LogP contribution in [-0.2, 0) is 16.1 Å². The number of furan rings is 1. The summed E-state index contributed by atoms with van der Waals surface area (Å²) in [5, 5.41) is 2.97. The second kappa shape index (κ2) is 7.12. The van der Waals surface area contributed by atoms with Gasteiger partial charge < -0.3 is 9.73 Å². The topological polar surface area (TPSA) is 82.9 Å². The third-order valence-corrected chi connectivity index (χ3v) is 6.02. The summed E-state index contributed by atoms with van der Waals surface area (Å²) in [6.45, 7) is 1.97. The number of carbonyl (C=O) groups is 3. The number of fused-ring (bicyclic) bond motifs is 3. The van der Waals surface area contributed by atoms with Crippen LogP contribution in [0.2, 0.25) is 0 Å². The molecule has 3 aromatic rings. The van der Waals surface area contributed by atoms with E-state index in [0.29, 0.717) is 22.7 Å². The monoisotopic (exact) mass is 415 g/mol. The van der Waals surface area contributed by atoms with Crippen LogP contribution < -0.4 is 10.2 Å². The highest BCUT2D eigenvalue weighted by Crippen LogP contribution is 2.45. The molecule has 0 bridgehead atoms. The van der Waals surface area contributed by atoms with Gasteiger partial charge in [-0.05, 0) is 42.8 Å². The summed E-state index contributed by atoms with van der Waals surface area (Å²) < 4.78 is 5.48. The van der Waals surface area contributed by atoms with Crippen LogP contribution in [0.15, 0.2) is 71.3 Å². The molecule has 1 N–H and O–H groups in total. The van der Waals surface area contributed by atoms with Gasteiger partial charge in [0.15, 0.2) is 0 Å². The van der Waals surface area contributed by atoms with Gasteiger partial charge in [0.25, 0.3) is 11.8 Å². The zero-order valence-corrected chi connectivity index (χ0v) is 17.0. The number of rotatable bonds is 4. The molecule has 0 saturated carbocycles. The van der Waals surface area contributed by atoms with Gasteiger partial charge in [-0.25, -0.2) is 0 Å². The molecule has 0 aliphatic carbocycles. The van der Waals surface area contributed by atoms with Crippen molar-refractivity contribution in [2.24, 2.45) is 0 Å². The number of aryl methyl sites for hydroxylation is 1. The summed E-state index contributed by atoms with van der Waals surface area (Å²) >= 11 is 0. The summed E-state index contributed by atoms with van der Waals surface area (Å²) in [6, 6.07) is 17.8. The van der Waals surface area contributed by atoms with Crippen LogP contribution in [0, 0.1) is 6.92 Å². The van der Waals surface area contributed by atoms with Gasteiger partial charge in [-0.3, -0.25) is 24.2 Å². The average Bonchev–Trinajstić information content (AvgIpc) is 3.41. The Bertz CT molecular complexity index is 1190. The number of nitrogens with one attached hydrogen (secondary N) is 1. The Morgan fingerprint density at radius 1 is 1.06 bits per heavy atom. The lowest BCUT2D eigenvalue weighted by molar-refractivity contribution is -0.129. The van der Waals surface area contributed by atoms with E-state index >= 15 is 0 Å². The first kappa shape index (κ1) is 19.1. The summed E-state index contributed by atoms with van der Waals surface area (Å²) in [5.41, 5.74) is 0.917. The minimum atomic E-state index is -1.47. The van der Waals surface area contributed by atoms with E-state index in [2.05, 4.69) is 5.32 Å². The van der Waals surface area contributed by atoms with Gasteiger partial charge in [0.05, 0.1) is 24.1 Å². The Balaban J connectivity index is 1.66. The fourth-order valence-electron chi connectivity index (χ4n) is 4.50. The number of anilines is 2. The molecule has 0 spiro atoms. The Morgan fingerprint density at radius 2 is 1.84 bits per heavy atom. The first-order valence-corrected chi connectivity index (χ1v) is 10.2. The van der Waals surface area contributed by atoms with Crippen molar-refractivity contribution < 1.29 is 18.8 Å². The largest absolute Gasteiger partial charge is 0.467 e. The van der Waals surface area contributed by atoms with E-state index in [1.54, 1.807) is 42.5 Å². The van der Waals surface area contributed by atoms with Gasteiger partial charge in [0, 0.05) is 18.5 Å². The van der Waals surface area contributed by atoms with Crippen molar-refractivity contribution >= 4 is 29.1 Å². The maximum absolute atomic E-state index is 13.8. The quantitative estimate of drug-likeness (QED) is 0.704. The molecule has 2 aromatic carbocycles. The van der Waals surface area contributed by atoms with Crippen LogP contribution in [0.3, 0.4) is 0 Å². The van der Waals surface area contributed by atoms with Crippen molar-refractivity contribution in [1.29, 1.82) is 0 Å². The smallest absolute Gasteiger partial charge is 0.271 e. The highest BCUT2D eigenvalue weighted by Gasteiger charge is 2.61. The first-order chi connectivity index (χ1) is 15.0. The molecule has 1 fully saturated rings. The van der Waals surface area contributed by atoms with Crippen molar-refractivity contribution in [3.8, 4) is 0 Å². The number of hydrogen-bond acceptors (Lipinski definition) is 4. The van der Waals surface area contributed by atoms with Crippen molar-refractivity contribution in [1.82, 2.24) is 4.90 Å². The molecule has 0 radical (unpaired) electrons. The van der Waals surface area contributed by atoms with Crippen molar-refractivity contribution in [3.05, 3.63) is 83.8 Å². The third kappa shape index (κ3) is 2.84. The van der Waals surface area contributed by atoms with Crippen molar-refractivity contribution in [2.45, 2.75) is 32.0 Å². The van der Waals surface area contributed by atoms with Crippen LogP contribution in [-0.4, -0.2) is 28.3 Å². The molecule has 156 valence electrons. The number of hydrogen-bond donors (Lipinski definition) is 1. The maximum Gasteiger partial charge on any atom is 0.271 e. The highest BCUT2D eigenvalue weighted by molar-refractivity contribution is 6.18. The lowest BCUT2D eigenvalue weighted by Gasteiger charge is -2.48. The van der Waals surface area contributed by atoms with Gasteiger partial charge in [-0.15, -0.1) is 0 Å². The van der Waals surface area contributed by atoms with Gasteiger partial charge in [0.2, 0.25) is 11.6 Å². The number of carbonyl (C=O) groups excluding carboxylic acids is 3. The minimum absolute atomic E-state index is 0.0745. The molecule has 5 rings (SSSR count). The molecule has 0 unspecified atom stereocenters. The molecular formula is C24H21N3O4. The van der Waals surface area contributed by atoms with E-state index in [1.807, 2.05) is 25.1 Å². The number of benzene rings is 2. The molecule has 2 aliphatic heterocycles. The van der Waals surface area contributed by atoms with Crippen LogP contribution in [0.5, 0.6) is 0 Å². The molecule has 1 saturated heterocycles. The summed E-state index contributed by atoms with van der Waals surface area (Å²) in [5.74, 6) is -0.376. The minimum Gasteiger partial charge on any atom is -0.467 e. The van der Waals surface area contributed by atoms with Crippen LogP contribution in [0.1, 0.15) is 34.5 Å². The Kier molecular flexibility index (Phi) is 4.39. The maximum atomic E-state index is 13.8. The molecule has 1 atom stereocenters. The predicted octanol–water partition coefficient (Wildman–Crippen LogP) is 3.71. The molecule has 31 heavy (non-hydrogen) atoms. The highest BCUT2D eigenvalue weighted by atomic mass is 16.3. The SMILES string of the molecule is Cc1ccccc1NC(=O)[C@]12CCC(=O)N1c1ccccc1C(=O)N2Cc1ccco1. The van der Waals surface area contributed by atoms with Gasteiger partial charge in [0.1, 0.15) is 5.76 Å². The zero-order valence-electron chi connectivity index (χ0n) is 17.0. The number of nitrogens with zero attached hydrogens (tertiary/aromatic N) is 2. The Hall–Kier alpha value is -3.87. The zero-order chi connectivity index (χ0) is 21.6. The molecular weight excluding hydrogens is 394 g/mol. The van der Waals surface area contributed by atoms with E-state index in [4.69, 9.17) is 4.42 Å².